The molecule has 0 rings (SSSR count). The van der Waals surface area contributed by atoms with Gasteiger partial charge < -0.3 is 9.47 Å². The molecule has 0 radical (unpaired) electrons. The Bertz CT molecular complexity index is 286. The van der Waals surface area contributed by atoms with Crippen LogP contribution in [0.4, 0.5) is 0 Å². The summed E-state index contributed by atoms with van der Waals surface area (Å²) in [6.45, 7) is 7.66. The average Bonchev–Trinajstić information content (AvgIpc) is 2.52. The number of ether oxygens (including phenoxy) is 2. The Hall–Kier alpha value is -0.860. The second kappa shape index (κ2) is 18.2. The van der Waals surface area contributed by atoms with Crippen LogP contribution in [0, 0.1) is 0 Å². The summed E-state index contributed by atoms with van der Waals surface area (Å²) >= 11 is 0. The third-order valence-electron chi connectivity index (χ3n) is 3.30. The van der Waals surface area contributed by atoms with Gasteiger partial charge in [-0.1, -0.05) is 49.8 Å². The Morgan fingerprint density at radius 1 is 0.682 bits per heavy atom. The molecule has 128 valence electrons. The molecule has 0 atom stereocenters. The molecule has 2 nitrogen and oxygen atoms in total. The molecule has 22 heavy (non-hydrogen) atoms. The molecule has 0 aliphatic rings. The van der Waals surface area contributed by atoms with Gasteiger partial charge >= 0.3 is 0 Å². The molecule has 0 aliphatic carbocycles. The van der Waals surface area contributed by atoms with Gasteiger partial charge in [-0.15, -0.1) is 0 Å². The third-order valence-corrected chi connectivity index (χ3v) is 3.30. The van der Waals surface area contributed by atoms with E-state index in [1.54, 1.807) is 0 Å². The first-order valence-electron chi connectivity index (χ1n) is 9.04. The Labute approximate surface area is 138 Å². The van der Waals surface area contributed by atoms with Crippen LogP contribution in [0.2, 0.25) is 0 Å². The molecular weight excluding hydrogens is 272 g/mol. The molecule has 0 spiro atoms. The van der Waals surface area contributed by atoms with E-state index in [9.17, 15) is 0 Å². The van der Waals surface area contributed by atoms with Gasteiger partial charge in [0.2, 0.25) is 0 Å². The maximum Gasteiger partial charge on any atom is 0.157 e. The summed E-state index contributed by atoms with van der Waals surface area (Å²) < 4.78 is 11.1. The highest BCUT2D eigenvalue weighted by Crippen LogP contribution is 2.10. The molecule has 0 saturated heterocycles. The molecule has 0 fully saturated rings. The largest absolute Gasteiger partial charge is 0.353 e. The molecule has 0 aliphatic heterocycles. The van der Waals surface area contributed by atoms with Gasteiger partial charge in [0, 0.05) is 13.2 Å². The minimum Gasteiger partial charge on any atom is -0.353 e. The van der Waals surface area contributed by atoms with Crippen LogP contribution in [-0.2, 0) is 9.47 Å². The summed E-state index contributed by atoms with van der Waals surface area (Å²) in [7, 11) is 0. The second-order valence-electron chi connectivity index (χ2n) is 5.29. The summed E-state index contributed by atoms with van der Waals surface area (Å²) in [6.07, 6.45) is 22.6. The van der Waals surface area contributed by atoms with Gasteiger partial charge in [-0.2, -0.15) is 0 Å². The van der Waals surface area contributed by atoms with Gasteiger partial charge in [0.15, 0.2) is 6.29 Å². The van der Waals surface area contributed by atoms with Crippen molar-refractivity contribution in [3.05, 3.63) is 36.5 Å². The van der Waals surface area contributed by atoms with Gasteiger partial charge in [-0.3, -0.25) is 0 Å². The van der Waals surface area contributed by atoms with E-state index < -0.39 is 0 Å². The van der Waals surface area contributed by atoms with Crippen LogP contribution in [0.3, 0.4) is 0 Å². The van der Waals surface area contributed by atoms with Crippen molar-refractivity contribution in [2.45, 2.75) is 78.4 Å². The fourth-order valence-electron chi connectivity index (χ4n) is 2.15. The number of hydrogen-bond acceptors (Lipinski definition) is 2. The third kappa shape index (κ3) is 15.5. The molecule has 0 aromatic carbocycles. The number of allylic oxidation sites excluding steroid dienone is 6. The molecule has 0 unspecified atom stereocenters. The van der Waals surface area contributed by atoms with Crippen LogP contribution >= 0.6 is 0 Å². The molecule has 0 aromatic rings. The van der Waals surface area contributed by atoms with Crippen molar-refractivity contribution in [2.24, 2.45) is 0 Å². The predicted molar refractivity (Wildman–Crippen MR) is 97.1 cm³/mol. The Kier molecular flexibility index (Phi) is 17.5. The number of hydrogen-bond donors (Lipinski definition) is 0. The van der Waals surface area contributed by atoms with E-state index in [4.69, 9.17) is 9.47 Å². The summed E-state index contributed by atoms with van der Waals surface area (Å²) in [5, 5.41) is 0. The van der Waals surface area contributed by atoms with Crippen molar-refractivity contribution >= 4 is 0 Å². The van der Waals surface area contributed by atoms with E-state index in [1.807, 2.05) is 13.8 Å². The molecule has 2 heteroatoms. The van der Waals surface area contributed by atoms with Crippen LogP contribution in [0.5, 0.6) is 0 Å². The lowest BCUT2D eigenvalue weighted by Crippen LogP contribution is -2.17. The van der Waals surface area contributed by atoms with Gasteiger partial charge in [0.05, 0.1) is 0 Å². The van der Waals surface area contributed by atoms with Crippen molar-refractivity contribution in [1.29, 1.82) is 0 Å². The molecule has 0 heterocycles. The molecule has 0 saturated carbocycles. The summed E-state index contributed by atoms with van der Waals surface area (Å²) in [5.41, 5.74) is 0. The quantitative estimate of drug-likeness (QED) is 0.155. The zero-order valence-corrected chi connectivity index (χ0v) is 14.9. The molecule has 0 bridgehead atoms. The molecule has 0 amide bonds. The van der Waals surface area contributed by atoms with Gasteiger partial charge in [0.25, 0.3) is 0 Å². The van der Waals surface area contributed by atoms with Crippen molar-refractivity contribution in [1.82, 2.24) is 0 Å². The minimum atomic E-state index is -0.000845. The summed E-state index contributed by atoms with van der Waals surface area (Å²) in [5.74, 6) is 0. The van der Waals surface area contributed by atoms with E-state index in [1.165, 1.54) is 25.7 Å². The van der Waals surface area contributed by atoms with Crippen LogP contribution in [0.15, 0.2) is 36.5 Å². The van der Waals surface area contributed by atoms with E-state index in [2.05, 4.69) is 43.4 Å². The lowest BCUT2D eigenvalue weighted by Gasteiger charge is -2.16. The fourth-order valence-corrected chi connectivity index (χ4v) is 2.15. The topological polar surface area (TPSA) is 18.5 Å². The molecule has 0 N–H and O–H groups in total. The normalized spacial score (nSPS) is 12.5. The fraction of sp³-hybridized carbons (Fsp3) is 0.700. The summed E-state index contributed by atoms with van der Waals surface area (Å²) in [4.78, 5) is 0. The Balaban J connectivity index is 3.42. The zero-order chi connectivity index (χ0) is 16.3. The van der Waals surface area contributed by atoms with Crippen molar-refractivity contribution in [2.75, 3.05) is 13.2 Å². The van der Waals surface area contributed by atoms with Gasteiger partial charge in [-0.25, -0.2) is 0 Å². The highest BCUT2D eigenvalue weighted by Gasteiger charge is 2.06. The standard InChI is InChI=1S/C20H36O2/c1-4-7-8-9-10-11-12-13-14-15-16-17-18-19-20(21-5-2)22-6-3/h7-10,13-14,20H,4-6,11-12,15-19H2,1-3H3/b8-7+,10-9-,14-13-. The SMILES string of the molecule is CC/C=C/C=C\CC/C=C\CCCCCC(OCC)OCC. The predicted octanol–water partition coefficient (Wildman–Crippen LogP) is 6.19. The van der Waals surface area contributed by atoms with Gasteiger partial charge in [0.1, 0.15) is 0 Å². The Morgan fingerprint density at radius 3 is 2.00 bits per heavy atom. The van der Waals surface area contributed by atoms with Crippen LogP contribution in [-0.4, -0.2) is 19.5 Å². The molecule has 0 aromatic heterocycles. The van der Waals surface area contributed by atoms with E-state index in [0.717, 1.165) is 38.9 Å². The smallest absolute Gasteiger partial charge is 0.157 e. The van der Waals surface area contributed by atoms with E-state index in [0.29, 0.717) is 0 Å². The first-order chi connectivity index (χ1) is 10.8. The van der Waals surface area contributed by atoms with E-state index >= 15 is 0 Å². The van der Waals surface area contributed by atoms with Crippen molar-refractivity contribution in [3.8, 4) is 0 Å². The lowest BCUT2D eigenvalue weighted by molar-refractivity contribution is -0.140. The second-order valence-corrected chi connectivity index (χ2v) is 5.29. The number of unbranched alkanes of at least 4 members (excludes halogenated alkanes) is 4. The summed E-state index contributed by atoms with van der Waals surface area (Å²) in [6, 6.07) is 0. The highest BCUT2D eigenvalue weighted by atomic mass is 16.7. The minimum absolute atomic E-state index is 0.000845. The molecular formula is C20H36O2. The number of rotatable bonds is 15. The highest BCUT2D eigenvalue weighted by molar-refractivity contribution is 5.02. The maximum atomic E-state index is 5.54. The van der Waals surface area contributed by atoms with Crippen LogP contribution < -0.4 is 0 Å². The first kappa shape index (κ1) is 21.1. The van der Waals surface area contributed by atoms with Crippen LogP contribution in [0.25, 0.3) is 0 Å². The first-order valence-corrected chi connectivity index (χ1v) is 9.04. The Morgan fingerprint density at radius 2 is 1.32 bits per heavy atom. The van der Waals surface area contributed by atoms with Crippen molar-refractivity contribution < 1.29 is 9.47 Å². The zero-order valence-electron chi connectivity index (χ0n) is 14.9. The average molecular weight is 309 g/mol. The van der Waals surface area contributed by atoms with Crippen molar-refractivity contribution in [3.63, 3.8) is 0 Å². The van der Waals surface area contributed by atoms with E-state index in [-0.39, 0.29) is 6.29 Å². The van der Waals surface area contributed by atoms with Gasteiger partial charge in [-0.05, 0) is 58.8 Å². The van der Waals surface area contributed by atoms with Crippen LogP contribution in [0.1, 0.15) is 72.1 Å². The lowest BCUT2D eigenvalue weighted by atomic mass is 10.1. The monoisotopic (exact) mass is 308 g/mol. The maximum absolute atomic E-state index is 5.54.